The SMILES string of the molecule is COc1cc(C)nc(NS(=O)(=O)c2ccc(C)cc2Br)n1. The van der Waals surface area contributed by atoms with Gasteiger partial charge in [0.05, 0.1) is 7.11 Å². The Kier molecular flexibility index (Phi) is 4.48. The fourth-order valence-electron chi connectivity index (χ4n) is 1.69. The van der Waals surface area contributed by atoms with Crippen molar-refractivity contribution in [2.45, 2.75) is 18.7 Å². The summed E-state index contributed by atoms with van der Waals surface area (Å²) in [6.07, 6.45) is 0. The fraction of sp³-hybridized carbons (Fsp3) is 0.231. The van der Waals surface area contributed by atoms with Gasteiger partial charge in [-0.3, -0.25) is 0 Å². The molecule has 2 aromatic rings. The Hall–Kier alpha value is -1.67. The van der Waals surface area contributed by atoms with Gasteiger partial charge < -0.3 is 4.74 Å². The van der Waals surface area contributed by atoms with E-state index in [-0.39, 0.29) is 10.8 Å². The van der Waals surface area contributed by atoms with Crippen LogP contribution in [0, 0.1) is 13.8 Å². The molecule has 0 amide bonds. The first-order valence-electron chi connectivity index (χ1n) is 6.00. The number of anilines is 1. The van der Waals surface area contributed by atoms with Crippen molar-refractivity contribution in [1.82, 2.24) is 9.97 Å². The average Bonchev–Trinajstić information content (AvgIpc) is 2.36. The molecule has 0 fully saturated rings. The second-order valence-corrected chi connectivity index (χ2v) is 6.92. The summed E-state index contributed by atoms with van der Waals surface area (Å²) in [5.74, 6) is 0.266. The van der Waals surface area contributed by atoms with Crippen molar-refractivity contribution >= 4 is 31.9 Å². The van der Waals surface area contributed by atoms with Crippen LogP contribution in [0.25, 0.3) is 0 Å². The summed E-state index contributed by atoms with van der Waals surface area (Å²) in [5, 5.41) is 0. The summed E-state index contributed by atoms with van der Waals surface area (Å²) in [6, 6.07) is 6.58. The van der Waals surface area contributed by atoms with Crippen molar-refractivity contribution in [3.05, 3.63) is 40.0 Å². The van der Waals surface area contributed by atoms with Crippen LogP contribution in [0.3, 0.4) is 0 Å². The molecular weight excluding hydrogens is 358 g/mol. The van der Waals surface area contributed by atoms with Crippen LogP contribution in [0.15, 0.2) is 33.6 Å². The molecule has 112 valence electrons. The number of sulfonamides is 1. The van der Waals surface area contributed by atoms with E-state index in [2.05, 4.69) is 30.6 Å². The Morgan fingerprint density at radius 2 is 1.90 bits per heavy atom. The first-order chi connectivity index (χ1) is 9.81. The lowest BCUT2D eigenvalue weighted by molar-refractivity contribution is 0.397. The van der Waals surface area contributed by atoms with Gasteiger partial charge in [0.25, 0.3) is 10.0 Å². The minimum Gasteiger partial charge on any atom is -0.481 e. The number of benzene rings is 1. The van der Waals surface area contributed by atoms with E-state index in [0.29, 0.717) is 16.0 Å². The van der Waals surface area contributed by atoms with E-state index in [1.165, 1.54) is 13.2 Å². The number of halogens is 1. The molecule has 0 saturated heterocycles. The number of methoxy groups -OCH3 is 1. The van der Waals surface area contributed by atoms with Crippen LogP contribution in [0.5, 0.6) is 5.88 Å². The summed E-state index contributed by atoms with van der Waals surface area (Å²) in [7, 11) is -2.32. The predicted octanol–water partition coefficient (Wildman–Crippen LogP) is 2.67. The number of hydrogen-bond acceptors (Lipinski definition) is 5. The van der Waals surface area contributed by atoms with Gasteiger partial charge >= 0.3 is 0 Å². The quantitative estimate of drug-likeness (QED) is 0.893. The van der Waals surface area contributed by atoms with Gasteiger partial charge in [0.2, 0.25) is 11.8 Å². The zero-order valence-corrected chi connectivity index (χ0v) is 14.1. The largest absolute Gasteiger partial charge is 0.481 e. The van der Waals surface area contributed by atoms with Gasteiger partial charge in [-0.2, -0.15) is 4.98 Å². The van der Waals surface area contributed by atoms with Crippen LogP contribution in [0.1, 0.15) is 11.3 Å². The Morgan fingerprint density at radius 3 is 2.52 bits per heavy atom. The molecule has 0 saturated carbocycles. The van der Waals surface area contributed by atoms with Crippen molar-refractivity contribution in [3.8, 4) is 5.88 Å². The molecule has 2 rings (SSSR count). The Labute approximate surface area is 131 Å². The lowest BCUT2D eigenvalue weighted by atomic mass is 10.2. The van der Waals surface area contributed by atoms with Gasteiger partial charge in [0.15, 0.2) is 0 Å². The molecule has 6 nitrogen and oxygen atoms in total. The number of hydrogen-bond donors (Lipinski definition) is 1. The lowest BCUT2D eigenvalue weighted by Gasteiger charge is -2.10. The molecule has 8 heteroatoms. The Balaban J connectivity index is 2.39. The summed E-state index contributed by atoms with van der Waals surface area (Å²) < 4.78 is 32.6. The molecular formula is C13H14BrN3O3S. The van der Waals surface area contributed by atoms with Gasteiger partial charge in [-0.15, -0.1) is 0 Å². The molecule has 0 atom stereocenters. The number of nitrogens with zero attached hydrogens (tertiary/aromatic N) is 2. The number of aromatic nitrogens is 2. The van der Waals surface area contributed by atoms with Gasteiger partial charge in [-0.1, -0.05) is 6.07 Å². The first-order valence-corrected chi connectivity index (χ1v) is 8.28. The third-order valence-electron chi connectivity index (χ3n) is 2.64. The van der Waals surface area contributed by atoms with Crippen molar-refractivity contribution in [2.24, 2.45) is 0 Å². The standard InChI is InChI=1S/C13H14BrN3O3S/c1-8-4-5-11(10(14)6-8)21(18,19)17-13-15-9(2)7-12(16-13)20-3/h4-7H,1-3H3,(H,15,16,17). The monoisotopic (exact) mass is 371 g/mol. The highest BCUT2D eigenvalue weighted by molar-refractivity contribution is 9.10. The molecule has 0 radical (unpaired) electrons. The van der Waals surface area contributed by atoms with E-state index in [1.54, 1.807) is 25.1 Å². The number of aryl methyl sites for hydroxylation is 2. The van der Waals surface area contributed by atoms with Crippen LogP contribution < -0.4 is 9.46 Å². The molecule has 0 spiro atoms. The van der Waals surface area contributed by atoms with E-state index in [9.17, 15) is 8.42 Å². The molecule has 1 N–H and O–H groups in total. The maximum atomic E-state index is 12.4. The van der Waals surface area contributed by atoms with Crippen LogP contribution >= 0.6 is 15.9 Å². The van der Waals surface area contributed by atoms with Crippen LogP contribution in [-0.2, 0) is 10.0 Å². The number of ether oxygens (including phenoxy) is 1. The van der Waals surface area contributed by atoms with E-state index in [1.807, 2.05) is 6.92 Å². The number of rotatable bonds is 4. The van der Waals surface area contributed by atoms with Crippen LogP contribution in [0.4, 0.5) is 5.95 Å². The molecule has 21 heavy (non-hydrogen) atoms. The molecule has 0 unspecified atom stereocenters. The Bertz CT molecular complexity index is 778. The van der Waals surface area contributed by atoms with Crippen molar-refractivity contribution in [1.29, 1.82) is 0 Å². The minimum atomic E-state index is -3.78. The number of nitrogens with one attached hydrogen (secondary N) is 1. The molecule has 0 aliphatic rings. The van der Waals surface area contributed by atoms with Crippen molar-refractivity contribution < 1.29 is 13.2 Å². The van der Waals surface area contributed by atoms with Gasteiger partial charge in [-0.25, -0.2) is 18.1 Å². The van der Waals surface area contributed by atoms with Crippen LogP contribution in [-0.4, -0.2) is 25.5 Å². The third kappa shape index (κ3) is 3.70. The maximum Gasteiger partial charge on any atom is 0.265 e. The molecule has 1 heterocycles. The van der Waals surface area contributed by atoms with Crippen molar-refractivity contribution in [2.75, 3.05) is 11.8 Å². The van der Waals surface area contributed by atoms with E-state index in [4.69, 9.17) is 4.74 Å². The first kappa shape index (κ1) is 15.7. The van der Waals surface area contributed by atoms with Crippen molar-refractivity contribution in [3.63, 3.8) is 0 Å². The van der Waals surface area contributed by atoms with Gasteiger partial charge in [0.1, 0.15) is 4.90 Å². The highest BCUT2D eigenvalue weighted by Crippen LogP contribution is 2.25. The smallest absolute Gasteiger partial charge is 0.265 e. The molecule has 0 aliphatic carbocycles. The Morgan fingerprint density at radius 1 is 1.19 bits per heavy atom. The van der Waals surface area contributed by atoms with E-state index in [0.717, 1.165) is 5.56 Å². The minimum absolute atomic E-state index is 0.0284. The molecule has 0 bridgehead atoms. The summed E-state index contributed by atoms with van der Waals surface area (Å²) in [5.41, 5.74) is 1.55. The lowest BCUT2D eigenvalue weighted by Crippen LogP contribution is -2.16. The average molecular weight is 372 g/mol. The third-order valence-corrected chi connectivity index (χ3v) is 4.95. The summed E-state index contributed by atoms with van der Waals surface area (Å²) in [6.45, 7) is 3.60. The van der Waals surface area contributed by atoms with E-state index >= 15 is 0 Å². The molecule has 1 aromatic heterocycles. The zero-order valence-electron chi connectivity index (χ0n) is 11.7. The van der Waals surface area contributed by atoms with Gasteiger partial charge in [-0.05, 0) is 47.5 Å². The van der Waals surface area contributed by atoms with E-state index < -0.39 is 10.0 Å². The molecule has 0 aliphatic heterocycles. The van der Waals surface area contributed by atoms with Gasteiger partial charge in [0, 0.05) is 16.2 Å². The maximum absolute atomic E-state index is 12.4. The van der Waals surface area contributed by atoms with Crippen LogP contribution in [0.2, 0.25) is 0 Å². The second kappa shape index (κ2) is 5.98. The zero-order chi connectivity index (χ0) is 15.6. The summed E-state index contributed by atoms with van der Waals surface area (Å²) >= 11 is 3.25. The predicted molar refractivity (Wildman–Crippen MR) is 83.0 cm³/mol. The highest BCUT2D eigenvalue weighted by Gasteiger charge is 2.19. The fourth-order valence-corrected chi connectivity index (χ4v) is 3.83. The second-order valence-electron chi connectivity index (χ2n) is 4.41. The normalized spacial score (nSPS) is 11.2. The topological polar surface area (TPSA) is 81.2 Å². The molecule has 1 aromatic carbocycles. The highest BCUT2D eigenvalue weighted by atomic mass is 79.9. The summed E-state index contributed by atoms with van der Waals surface area (Å²) in [4.78, 5) is 8.14.